The molecular formula is C20H25NS. The number of para-hydroxylation sites is 1. The van der Waals surface area contributed by atoms with Crippen LogP contribution in [-0.2, 0) is 6.54 Å². The third-order valence-corrected chi connectivity index (χ3v) is 5.23. The fourth-order valence-electron chi connectivity index (χ4n) is 3.12. The quantitative estimate of drug-likeness (QED) is 0.406. The first kappa shape index (κ1) is 15.4. The van der Waals surface area contributed by atoms with Crippen molar-refractivity contribution in [2.75, 3.05) is 0 Å². The predicted octanol–water partition coefficient (Wildman–Crippen LogP) is 6.73. The second-order valence-corrected chi connectivity index (χ2v) is 6.95. The first-order valence-electron chi connectivity index (χ1n) is 8.52. The molecule has 0 unspecified atom stereocenters. The second-order valence-electron chi connectivity index (χ2n) is 6.00. The van der Waals surface area contributed by atoms with Crippen molar-refractivity contribution in [1.29, 1.82) is 0 Å². The van der Waals surface area contributed by atoms with Crippen molar-refractivity contribution >= 4 is 22.2 Å². The molecule has 0 amide bonds. The van der Waals surface area contributed by atoms with Crippen molar-refractivity contribution in [2.24, 2.45) is 0 Å². The molecule has 0 bridgehead atoms. The molecule has 0 saturated carbocycles. The minimum absolute atomic E-state index is 1.14. The fourth-order valence-corrected chi connectivity index (χ4v) is 3.87. The van der Waals surface area contributed by atoms with Gasteiger partial charge in [-0.2, -0.15) is 0 Å². The number of rotatable bonds is 8. The topological polar surface area (TPSA) is 4.93 Å². The summed E-state index contributed by atoms with van der Waals surface area (Å²) in [4.78, 5) is 1.37. The second kappa shape index (κ2) is 7.64. The Kier molecular flexibility index (Phi) is 5.33. The van der Waals surface area contributed by atoms with Crippen molar-refractivity contribution in [1.82, 2.24) is 4.57 Å². The highest BCUT2D eigenvalue weighted by Crippen LogP contribution is 2.33. The minimum atomic E-state index is 1.14. The normalized spacial score (nSPS) is 11.3. The Morgan fingerprint density at radius 3 is 2.55 bits per heavy atom. The molecule has 116 valence electrons. The van der Waals surface area contributed by atoms with Crippen LogP contribution in [0.2, 0.25) is 0 Å². The fraction of sp³-hybridized carbons (Fsp3) is 0.400. The maximum absolute atomic E-state index is 2.45. The van der Waals surface area contributed by atoms with Crippen molar-refractivity contribution in [3.05, 3.63) is 48.0 Å². The molecule has 0 aliphatic carbocycles. The van der Waals surface area contributed by atoms with E-state index in [1.54, 1.807) is 0 Å². The summed E-state index contributed by atoms with van der Waals surface area (Å²) in [7, 11) is 0. The molecule has 1 aromatic carbocycles. The van der Waals surface area contributed by atoms with Crippen LogP contribution in [-0.4, -0.2) is 4.57 Å². The van der Waals surface area contributed by atoms with Gasteiger partial charge in [0.1, 0.15) is 0 Å². The number of hydrogen-bond donors (Lipinski definition) is 0. The van der Waals surface area contributed by atoms with E-state index in [1.165, 1.54) is 59.9 Å². The predicted molar refractivity (Wildman–Crippen MR) is 98.6 cm³/mol. The van der Waals surface area contributed by atoms with Gasteiger partial charge in [0.05, 0.1) is 0 Å². The average molecular weight is 311 g/mol. The Morgan fingerprint density at radius 2 is 1.73 bits per heavy atom. The van der Waals surface area contributed by atoms with E-state index in [9.17, 15) is 0 Å². The van der Waals surface area contributed by atoms with Crippen molar-refractivity contribution in [3.8, 4) is 10.4 Å². The molecule has 2 heteroatoms. The van der Waals surface area contributed by atoms with Crippen LogP contribution in [0.1, 0.15) is 45.4 Å². The molecule has 2 heterocycles. The smallest absolute Gasteiger partial charge is 0.0487 e. The van der Waals surface area contributed by atoms with Gasteiger partial charge in [0.15, 0.2) is 0 Å². The number of nitrogens with zero attached hydrogens (tertiary/aromatic N) is 1. The summed E-state index contributed by atoms with van der Waals surface area (Å²) in [6.07, 6.45) is 10.5. The zero-order valence-electron chi connectivity index (χ0n) is 13.4. The summed E-state index contributed by atoms with van der Waals surface area (Å²) in [5, 5.41) is 3.55. The number of fused-ring (bicyclic) bond motifs is 1. The summed E-state index contributed by atoms with van der Waals surface area (Å²) in [6.45, 7) is 3.41. The first-order valence-corrected chi connectivity index (χ1v) is 9.40. The van der Waals surface area contributed by atoms with Crippen LogP contribution in [0.5, 0.6) is 0 Å². The van der Waals surface area contributed by atoms with E-state index in [-0.39, 0.29) is 0 Å². The van der Waals surface area contributed by atoms with E-state index < -0.39 is 0 Å². The van der Waals surface area contributed by atoms with Gasteiger partial charge in [-0.05, 0) is 23.9 Å². The third kappa shape index (κ3) is 3.44. The molecule has 0 aliphatic heterocycles. The Hall–Kier alpha value is -1.54. The van der Waals surface area contributed by atoms with Gasteiger partial charge in [0.2, 0.25) is 0 Å². The number of hydrogen-bond acceptors (Lipinski definition) is 1. The van der Waals surface area contributed by atoms with Crippen LogP contribution < -0.4 is 0 Å². The highest BCUT2D eigenvalue weighted by molar-refractivity contribution is 7.13. The SMILES string of the molecule is CCCCCCCCn1cc(-c2cccs2)c2ccccc21. The molecule has 0 radical (unpaired) electrons. The number of aryl methyl sites for hydroxylation is 1. The molecule has 3 aromatic rings. The van der Waals surface area contributed by atoms with E-state index in [0.29, 0.717) is 0 Å². The molecule has 3 rings (SSSR count). The monoisotopic (exact) mass is 311 g/mol. The molecule has 2 aromatic heterocycles. The van der Waals surface area contributed by atoms with E-state index in [4.69, 9.17) is 0 Å². The number of benzene rings is 1. The molecular weight excluding hydrogens is 286 g/mol. The van der Waals surface area contributed by atoms with Crippen LogP contribution in [0.3, 0.4) is 0 Å². The summed E-state index contributed by atoms with van der Waals surface area (Å²) in [5.41, 5.74) is 2.76. The summed E-state index contributed by atoms with van der Waals surface area (Å²) in [5.74, 6) is 0. The van der Waals surface area contributed by atoms with Crippen LogP contribution >= 0.6 is 11.3 Å². The molecule has 0 spiro atoms. The van der Waals surface area contributed by atoms with Gasteiger partial charge in [-0.3, -0.25) is 0 Å². The Labute approximate surface area is 137 Å². The molecule has 22 heavy (non-hydrogen) atoms. The lowest BCUT2D eigenvalue weighted by Gasteiger charge is -2.05. The van der Waals surface area contributed by atoms with E-state index in [0.717, 1.165) is 6.54 Å². The highest BCUT2D eigenvalue weighted by Gasteiger charge is 2.10. The minimum Gasteiger partial charge on any atom is -0.347 e. The lowest BCUT2D eigenvalue weighted by Crippen LogP contribution is -1.95. The number of thiophene rings is 1. The van der Waals surface area contributed by atoms with Gasteiger partial charge in [-0.25, -0.2) is 0 Å². The standard InChI is InChI=1S/C20H25NS/c1-2-3-4-5-6-9-14-21-16-18(20-13-10-15-22-20)17-11-7-8-12-19(17)21/h7-8,10-13,15-16H,2-6,9,14H2,1H3. The number of aromatic nitrogens is 1. The molecule has 0 aliphatic rings. The number of unbranched alkanes of at least 4 members (excludes halogenated alkanes) is 5. The van der Waals surface area contributed by atoms with E-state index >= 15 is 0 Å². The van der Waals surface area contributed by atoms with E-state index in [1.807, 2.05) is 11.3 Å². The summed E-state index contributed by atoms with van der Waals surface area (Å²) in [6, 6.07) is 13.2. The maximum Gasteiger partial charge on any atom is 0.0487 e. The first-order chi connectivity index (χ1) is 10.9. The zero-order chi connectivity index (χ0) is 15.2. The van der Waals surface area contributed by atoms with Crippen LogP contribution in [0.25, 0.3) is 21.3 Å². The van der Waals surface area contributed by atoms with Gasteiger partial charge < -0.3 is 4.57 Å². The molecule has 1 nitrogen and oxygen atoms in total. The summed E-state index contributed by atoms with van der Waals surface area (Å²) < 4.78 is 2.45. The van der Waals surface area contributed by atoms with Gasteiger partial charge in [-0.15, -0.1) is 11.3 Å². The lowest BCUT2D eigenvalue weighted by molar-refractivity contribution is 0.565. The van der Waals surface area contributed by atoms with Gasteiger partial charge >= 0.3 is 0 Å². The highest BCUT2D eigenvalue weighted by atomic mass is 32.1. The van der Waals surface area contributed by atoms with Crippen molar-refractivity contribution < 1.29 is 0 Å². The van der Waals surface area contributed by atoms with Crippen molar-refractivity contribution in [3.63, 3.8) is 0 Å². The van der Waals surface area contributed by atoms with Crippen LogP contribution in [0, 0.1) is 0 Å². The third-order valence-electron chi connectivity index (χ3n) is 4.33. The molecule has 0 saturated heterocycles. The Morgan fingerprint density at radius 1 is 0.909 bits per heavy atom. The van der Waals surface area contributed by atoms with Gasteiger partial charge in [0.25, 0.3) is 0 Å². The molecule has 0 N–H and O–H groups in total. The molecule has 0 atom stereocenters. The van der Waals surface area contributed by atoms with E-state index in [2.05, 4.69) is 59.5 Å². The van der Waals surface area contributed by atoms with Crippen LogP contribution in [0.4, 0.5) is 0 Å². The van der Waals surface area contributed by atoms with Gasteiger partial charge in [-0.1, -0.05) is 63.3 Å². The average Bonchev–Trinajstić information content (AvgIpc) is 3.18. The van der Waals surface area contributed by atoms with Crippen LogP contribution in [0.15, 0.2) is 48.0 Å². The lowest BCUT2D eigenvalue weighted by atomic mass is 10.1. The van der Waals surface area contributed by atoms with Gasteiger partial charge in [0, 0.05) is 34.1 Å². The largest absolute Gasteiger partial charge is 0.347 e. The summed E-state index contributed by atoms with van der Waals surface area (Å²) >= 11 is 1.83. The maximum atomic E-state index is 2.45. The Balaban J connectivity index is 1.73. The van der Waals surface area contributed by atoms with Crippen molar-refractivity contribution in [2.45, 2.75) is 52.0 Å². The molecule has 0 fully saturated rings. The zero-order valence-corrected chi connectivity index (χ0v) is 14.2. The Bertz CT molecular complexity index is 694.